The van der Waals surface area contributed by atoms with Gasteiger partial charge >= 0.3 is 0 Å². The number of aryl methyl sites for hydroxylation is 1. The Hall–Kier alpha value is -2.56. The van der Waals surface area contributed by atoms with Crippen molar-refractivity contribution < 1.29 is 18.7 Å². The standard InChI is InChI=1S/C20H22FNO3/c1-13-4-9-18-16(10-13)17(11-20(2,3)25-18)22-19(23)12-24-15-7-5-14(21)6-8-15/h4-10,17H,11-12H2,1-3H3,(H,22,23). The maximum atomic E-state index is 12.9. The van der Waals surface area contributed by atoms with E-state index in [4.69, 9.17) is 9.47 Å². The molecule has 0 radical (unpaired) electrons. The number of fused-ring (bicyclic) bond motifs is 1. The molecule has 1 unspecified atom stereocenters. The lowest BCUT2D eigenvalue weighted by molar-refractivity contribution is -0.124. The zero-order valence-electron chi connectivity index (χ0n) is 14.6. The summed E-state index contributed by atoms with van der Waals surface area (Å²) in [5, 5.41) is 3.02. The summed E-state index contributed by atoms with van der Waals surface area (Å²) in [6.07, 6.45) is 0.672. The fourth-order valence-electron chi connectivity index (χ4n) is 3.02. The van der Waals surface area contributed by atoms with Crippen LogP contribution in [0.2, 0.25) is 0 Å². The summed E-state index contributed by atoms with van der Waals surface area (Å²) in [6, 6.07) is 11.4. The molecule has 25 heavy (non-hydrogen) atoms. The lowest BCUT2D eigenvalue weighted by Gasteiger charge is -2.38. The fourth-order valence-corrected chi connectivity index (χ4v) is 3.02. The predicted molar refractivity (Wildman–Crippen MR) is 93.3 cm³/mol. The van der Waals surface area contributed by atoms with Crippen molar-refractivity contribution in [2.24, 2.45) is 0 Å². The monoisotopic (exact) mass is 343 g/mol. The number of carbonyl (C=O) groups is 1. The van der Waals surface area contributed by atoms with E-state index in [1.165, 1.54) is 24.3 Å². The van der Waals surface area contributed by atoms with E-state index in [1.807, 2.05) is 39.0 Å². The average Bonchev–Trinajstić information content (AvgIpc) is 2.54. The van der Waals surface area contributed by atoms with E-state index >= 15 is 0 Å². The van der Waals surface area contributed by atoms with Gasteiger partial charge in [-0.2, -0.15) is 0 Å². The van der Waals surface area contributed by atoms with Gasteiger partial charge in [0, 0.05) is 12.0 Å². The minimum Gasteiger partial charge on any atom is -0.487 e. The van der Waals surface area contributed by atoms with E-state index in [2.05, 4.69) is 5.32 Å². The van der Waals surface area contributed by atoms with Crippen LogP contribution in [0.1, 0.15) is 37.4 Å². The molecule has 132 valence electrons. The van der Waals surface area contributed by atoms with Crippen molar-refractivity contribution in [3.8, 4) is 11.5 Å². The summed E-state index contributed by atoms with van der Waals surface area (Å²) in [5.74, 6) is 0.694. The molecule has 1 aliphatic rings. The van der Waals surface area contributed by atoms with Gasteiger partial charge in [0.1, 0.15) is 22.9 Å². The summed E-state index contributed by atoms with van der Waals surface area (Å²) >= 11 is 0. The highest BCUT2D eigenvalue weighted by atomic mass is 19.1. The second kappa shape index (κ2) is 6.75. The Kier molecular flexibility index (Phi) is 4.66. The van der Waals surface area contributed by atoms with Crippen LogP contribution in [0.5, 0.6) is 11.5 Å². The van der Waals surface area contributed by atoms with E-state index in [0.717, 1.165) is 16.9 Å². The number of benzene rings is 2. The van der Waals surface area contributed by atoms with E-state index < -0.39 is 0 Å². The lowest BCUT2D eigenvalue weighted by Crippen LogP contribution is -2.42. The number of amides is 1. The van der Waals surface area contributed by atoms with Crippen LogP contribution in [0.3, 0.4) is 0 Å². The van der Waals surface area contributed by atoms with Crippen LogP contribution in [-0.2, 0) is 4.79 Å². The zero-order valence-corrected chi connectivity index (χ0v) is 14.6. The Morgan fingerprint density at radius 3 is 2.72 bits per heavy atom. The third kappa shape index (κ3) is 4.29. The third-order valence-corrected chi connectivity index (χ3v) is 4.14. The molecule has 5 heteroatoms. The zero-order chi connectivity index (χ0) is 18.0. The van der Waals surface area contributed by atoms with Crippen LogP contribution in [0.25, 0.3) is 0 Å². The van der Waals surface area contributed by atoms with Gasteiger partial charge in [-0.1, -0.05) is 17.7 Å². The second-order valence-corrected chi connectivity index (χ2v) is 6.97. The quantitative estimate of drug-likeness (QED) is 0.915. The van der Waals surface area contributed by atoms with Crippen molar-refractivity contribution in [2.45, 2.75) is 38.8 Å². The number of hydrogen-bond acceptors (Lipinski definition) is 3. The molecule has 0 aromatic heterocycles. The molecule has 0 saturated carbocycles. The number of rotatable bonds is 4. The number of halogens is 1. The molecule has 1 atom stereocenters. The molecular formula is C20H22FNO3. The first-order valence-electron chi connectivity index (χ1n) is 8.30. The maximum absolute atomic E-state index is 12.9. The molecule has 1 amide bonds. The summed E-state index contributed by atoms with van der Waals surface area (Å²) in [5.41, 5.74) is 1.73. The van der Waals surface area contributed by atoms with Crippen molar-refractivity contribution in [3.63, 3.8) is 0 Å². The van der Waals surface area contributed by atoms with Gasteiger partial charge in [-0.25, -0.2) is 4.39 Å². The summed E-state index contributed by atoms with van der Waals surface area (Å²) in [7, 11) is 0. The summed E-state index contributed by atoms with van der Waals surface area (Å²) < 4.78 is 24.3. The molecule has 0 aliphatic carbocycles. The van der Waals surface area contributed by atoms with Gasteiger partial charge in [-0.15, -0.1) is 0 Å². The smallest absolute Gasteiger partial charge is 0.258 e. The topological polar surface area (TPSA) is 47.6 Å². The first-order chi connectivity index (χ1) is 11.8. The van der Waals surface area contributed by atoms with Gasteiger partial charge in [0.2, 0.25) is 0 Å². The fraction of sp³-hybridized carbons (Fsp3) is 0.350. The lowest BCUT2D eigenvalue weighted by atomic mass is 9.89. The van der Waals surface area contributed by atoms with Gasteiger partial charge in [0.15, 0.2) is 6.61 Å². The summed E-state index contributed by atoms with van der Waals surface area (Å²) in [4.78, 5) is 12.3. The molecule has 1 N–H and O–H groups in total. The molecule has 0 bridgehead atoms. The van der Waals surface area contributed by atoms with Crippen LogP contribution >= 0.6 is 0 Å². The highest BCUT2D eigenvalue weighted by Crippen LogP contribution is 2.39. The van der Waals surface area contributed by atoms with Gasteiger partial charge in [-0.3, -0.25) is 4.79 Å². The molecule has 2 aromatic carbocycles. The SMILES string of the molecule is Cc1ccc2c(c1)C(NC(=O)COc1ccc(F)cc1)CC(C)(C)O2. The Labute approximate surface area is 147 Å². The molecule has 2 aromatic rings. The van der Waals surface area contributed by atoms with E-state index in [1.54, 1.807) is 0 Å². The minimum atomic E-state index is -0.363. The Morgan fingerprint density at radius 1 is 1.28 bits per heavy atom. The second-order valence-electron chi connectivity index (χ2n) is 6.97. The van der Waals surface area contributed by atoms with Crippen LogP contribution in [0, 0.1) is 12.7 Å². The van der Waals surface area contributed by atoms with Crippen LogP contribution < -0.4 is 14.8 Å². The Bertz CT molecular complexity index is 771. The highest BCUT2D eigenvalue weighted by Gasteiger charge is 2.34. The van der Waals surface area contributed by atoms with Crippen LogP contribution in [-0.4, -0.2) is 18.1 Å². The van der Waals surface area contributed by atoms with Crippen molar-refractivity contribution in [3.05, 3.63) is 59.4 Å². The molecule has 1 heterocycles. The Morgan fingerprint density at radius 2 is 2.00 bits per heavy atom. The third-order valence-electron chi connectivity index (χ3n) is 4.14. The molecule has 0 spiro atoms. The molecule has 1 aliphatic heterocycles. The molecule has 4 nitrogen and oxygen atoms in total. The van der Waals surface area contributed by atoms with Crippen molar-refractivity contribution in [1.82, 2.24) is 5.32 Å². The first kappa shape index (κ1) is 17.3. The molecular weight excluding hydrogens is 321 g/mol. The highest BCUT2D eigenvalue weighted by molar-refractivity contribution is 5.78. The molecule has 0 saturated heterocycles. The number of hydrogen-bond donors (Lipinski definition) is 1. The number of ether oxygens (including phenoxy) is 2. The number of carbonyl (C=O) groups excluding carboxylic acids is 1. The van der Waals surface area contributed by atoms with Gasteiger partial charge in [0.25, 0.3) is 5.91 Å². The average molecular weight is 343 g/mol. The van der Waals surface area contributed by atoms with Gasteiger partial charge in [0.05, 0.1) is 6.04 Å². The van der Waals surface area contributed by atoms with Crippen molar-refractivity contribution in [1.29, 1.82) is 0 Å². The maximum Gasteiger partial charge on any atom is 0.258 e. The van der Waals surface area contributed by atoms with E-state index in [-0.39, 0.29) is 30.0 Å². The van der Waals surface area contributed by atoms with Crippen molar-refractivity contribution >= 4 is 5.91 Å². The largest absolute Gasteiger partial charge is 0.487 e. The van der Waals surface area contributed by atoms with Crippen LogP contribution in [0.4, 0.5) is 4.39 Å². The van der Waals surface area contributed by atoms with E-state index in [0.29, 0.717) is 12.2 Å². The van der Waals surface area contributed by atoms with Gasteiger partial charge in [-0.05, 0) is 51.1 Å². The molecule has 3 rings (SSSR count). The van der Waals surface area contributed by atoms with Crippen molar-refractivity contribution in [2.75, 3.05) is 6.61 Å². The minimum absolute atomic E-state index is 0.120. The van der Waals surface area contributed by atoms with E-state index in [9.17, 15) is 9.18 Å². The van der Waals surface area contributed by atoms with Crippen LogP contribution in [0.15, 0.2) is 42.5 Å². The van der Waals surface area contributed by atoms with Gasteiger partial charge < -0.3 is 14.8 Å². The predicted octanol–water partition coefficient (Wildman–Crippen LogP) is 3.93. The summed E-state index contributed by atoms with van der Waals surface area (Å²) in [6.45, 7) is 5.90. The first-order valence-corrected chi connectivity index (χ1v) is 8.30. The number of nitrogens with one attached hydrogen (secondary N) is 1. The molecule has 0 fully saturated rings. The normalized spacial score (nSPS) is 18.0. The Balaban J connectivity index is 1.68.